The zero-order valence-corrected chi connectivity index (χ0v) is 8.81. The molecule has 0 spiro atoms. The van der Waals surface area contributed by atoms with E-state index in [4.69, 9.17) is 11.6 Å². The molecule has 0 radical (unpaired) electrons. The van der Waals surface area contributed by atoms with Crippen molar-refractivity contribution in [3.05, 3.63) is 34.6 Å². The minimum atomic E-state index is -0.527. The summed E-state index contributed by atoms with van der Waals surface area (Å²) in [6, 6.07) is 3.97. The maximum absolute atomic E-state index is 13.2. The number of hydrogen-bond acceptors (Lipinski definition) is 2. The summed E-state index contributed by atoms with van der Waals surface area (Å²) in [5.41, 5.74) is 0.0474. The highest BCUT2D eigenvalue weighted by molar-refractivity contribution is 6.31. The molecule has 0 amide bonds. The lowest BCUT2D eigenvalue weighted by molar-refractivity contribution is 0.0954. The molecule has 0 heterocycles. The summed E-state index contributed by atoms with van der Waals surface area (Å²) < 4.78 is 13.2. The fourth-order valence-corrected chi connectivity index (χ4v) is 1.26. The van der Waals surface area contributed by atoms with Crippen molar-refractivity contribution in [2.45, 2.75) is 0 Å². The molecular formula is C10H11ClFNO. The lowest BCUT2D eigenvalue weighted by Gasteiger charge is -2.08. The maximum atomic E-state index is 13.2. The molecule has 0 aliphatic heterocycles. The van der Waals surface area contributed by atoms with Crippen molar-refractivity contribution in [1.82, 2.24) is 4.90 Å². The Morgan fingerprint density at radius 3 is 2.71 bits per heavy atom. The highest BCUT2D eigenvalue weighted by Crippen LogP contribution is 2.15. The molecule has 0 saturated heterocycles. The Balaban J connectivity index is 2.94. The van der Waals surface area contributed by atoms with Crippen LogP contribution < -0.4 is 0 Å². The van der Waals surface area contributed by atoms with Gasteiger partial charge in [-0.2, -0.15) is 0 Å². The second-order valence-electron chi connectivity index (χ2n) is 3.29. The molecule has 0 aromatic heterocycles. The molecule has 0 N–H and O–H groups in total. The van der Waals surface area contributed by atoms with Crippen LogP contribution in [-0.4, -0.2) is 31.3 Å². The van der Waals surface area contributed by atoms with Crippen molar-refractivity contribution in [2.24, 2.45) is 0 Å². The van der Waals surface area contributed by atoms with Crippen LogP contribution in [0.4, 0.5) is 4.39 Å². The van der Waals surface area contributed by atoms with Gasteiger partial charge < -0.3 is 4.90 Å². The Kier molecular flexibility index (Phi) is 3.61. The van der Waals surface area contributed by atoms with E-state index in [0.717, 1.165) is 0 Å². The molecule has 0 aliphatic rings. The normalized spacial score (nSPS) is 10.6. The number of carbonyl (C=O) groups excluding carboxylic acids is 1. The fraction of sp³-hybridized carbons (Fsp3) is 0.300. The molecule has 4 heteroatoms. The third-order valence-corrected chi connectivity index (χ3v) is 1.92. The first kappa shape index (κ1) is 11.1. The van der Waals surface area contributed by atoms with Gasteiger partial charge in [0.1, 0.15) is 5.82 Å². The quantitative estimate of drug-likeness (QED) is 0.721. The van der Waals surface area contributed by atoms with E-state index >= 15 is 0 Å². The van der Waals surface area contributed by atoms with E-state index in [2.05, 4.69) is 0 Å². The summed E-state index contributed by atoms with van der Waals surface area (Å²) in [5.74, 6) is -0.795. The summed E-state index contributed by atoms with van der Waals surface area (Å²) in [6.45, 7) is 0.178. The number of benzene rings is 1. The van der Waals surface area contributed by atoms with Gasteiger partial charge in [0.2, 0.25) is 0 Å². The molecular weight excluding hydrogens is 205 g/mol. The van der Waals surface area contributed by atoms with Crippen LogP contribution in [0.3, 0.4) is 0 Å². The Morgan fingerprint density at radius 1 is 1.50 bits per heavy atom. The number of hydrogen-bond donors (Lipinski definition) is 0. The molecule has 2 nitrogen and oxygen atoms in total. The van der Waals surface area contributed by atoms with Gasteiger partial charge in [0.25, 0.3) is 0 Å². The fourth-order valence-electron chi connectivity index (χ4n) is 1.08. The predicted molar refractivity (Wildman–Crippen MR) is 54.3 cm³/mol. The molecule has 1 rings (SSSR count). The number of ketones is 1. The van der Waals surface area contributed by atoms with Gasteiger partial charge >= 0.3 is 0 Å². The van der Waals surface area contributed by atoms with Crippen LogP contribution in [0.15, 0.2) is 18.2 Å². The number of Topliss-reactive ketones (excluding diaryl/α,β-unsaturated/α-hetero) is 1. The summed E-state index contributed by atoms with van der Waals surface area (Å²) in [6.07, 6.45) is 0. The van der Waals surface area contributed by atoms with E-state index < -0.39 is 5.82 Å². The highest BCUT2D eigenvalue weighted by atomic mass is 35.5. The van der Waals surface area contributed by atoms with E-state index in [9.17, 15) is 9.18 Å². The van der Waals surface area contributed by atoms with Gasteiger partial charge in [0.15, 0.2) is 5.78 Å². The lowest BCUT2D eigenvalue weighted by Crippen LogP contribution is -2.22. The van der Waals surface area contributed by atoms with Crippen LogP contribution in [0.2, 0.25) is 5.02 Å². The second kappa shape index (κ2) is 4.53. The van der Waals surface area contributed by atoms with Crippen molar-refractivity contribution in [2.75, 3.05) is 20.6 Å². The third kappa shape index (κ3) is 2.79. The SMILES string of the molecule is CN(C)CC(=O)c1cc(Cl)ccc1F. The van der Waals surface area contributed by atoms with Gasteiger partial charge in [-0.05, 0) is 32.3 Å². The smallest absolute Gasteiger partial charge is 0.179 e. The average molecular weight is 216 g/mol. The molecule has 0 aliphatic carbocycles. The first-order valence-electron chi connectivity index (χ1n) is 4.13. The van der Waals surface area contributed by atoms with Gasteiger partial charge in [0.05, 0.1) is 12.1 Å². The molecule has 1 aromatic carbocycles. The summed E-state index contributed by atoms with van der Waals surface area (Å²) in [7, 11) is 3.50. The molecule has 1 aromatic rings. The van der Waals surface area contributed by atoms with Crippen molar-refractivity contribution >= 4 is 17.4 Å². The first-order valence-corrected chi connectivity index (χ1v) is 4.51. The van der Waals surface area contributed by atoms with Crippen LogP contribution in [0.25, 0.3) is 0 Å². The lowest BCUT2D eigenvalue weighted by atomic mass is 10.1. The molecule has 0 unspecified atom stereocenters. The van der Waals surface area contributed by atoms with Gasteiger partial charge in [-0.25, -0.2) is 4.39 Å². The molecule has 0 bridgehead atoms. The van der Waals surface area contributed by atoms with Crippen molar-refractivity contribution in [1.29, 1.82) is 0 Å². The standard InChI is InChI=1S/C10H11ClFNO/c1-13(2)6-10(14)8-5-7(11)3-4-9(8)12/h3-5H,6H2,1-2H3. The van der Waals surface area contributed by atoms with Gasteiger partial charge in [0, 0.05) is 5.02 Å². The summed E-state index contributed by atoms with van der Waals surface area (Å²) in [4.78, 5) is 13.2. The maximum Gasteiger partial charge on any atom is 0.179 e. The monoisotopic (exact) mass is 215 g/mol. The molecule has 0 atom stereocenters. The van der Waals surface area contributed by atoms with Crippen LogP contribution >= 0.6 is 11.6 Å². The van der Waals surface area contributed by atoms with E-state index in [0.29, 0.717) is 5.02 Å². The first-order chi connectivity index (χ1) is 6.50. The van der Waals surface area contributed by atoms with Crippen molar-refractivity contribution in [3.8, 4) is 0 Å². The van der Waals surface area contributed by atoms with Crippen molar-refractivity contribution in [3.63, 3.8) is 0 Å². The zero-order valence-electron chi connectivity index (χ0n) is 8.05. The second-order valence-corrected chi connectivity index (χ2v) is 3.72. The van der Waals surface area contributed by atoms with Gasteiger partial charge in [-0.15, -0.1) is 0 Å². The third-order valence-electron chi connectivity index (χ3n) is 1.69. The number of likely N-dealkylation sites (N-methyl/N-ethyl adjacent to an activating group) is 1. The van der Waals surface area contributed by atoms with Crippen LogP contribution in [0.5, 0.6) is 0 Å². The van der Waals surface area contributed by atoms with Crippen LogP contribution in [0.1, 0.15) is 10.4 Å². The van der Waals surface area contributed by atoms with E-state index in [-0.39, 0.29) is 17.9 Å². The number of nitrogens with zero attached hydrogens (tertiary/aromatic N) is 1. The Labute approximate surface area is 87.3 Å². The van der Waals surface area contributed by atoms with Crippen LogP contribution in [-0.2, 0) is 0 Å². The number of rotatable bonds is 3. The largest absolute Gasteiger partial charge is 0.302 e. The topological polar surface area (TPSA) is 20.3 Å². The Hall–Kier alpha value is -0.930. The molecule has 0 saturated carbocycles. The average Bonchev–Trinajstić information content (AvgIpc) is 2.08. The van der Waals surface area contributed by atoms with Crippen LogP contribution in [0, 0.1) is 5.82 Å². The number of carbonyl (C=O) groups is 1. The number of halogens is 2. The molecule has 0 fully saturated rings. The Morgan fingerprint density at radius 2 is 2.14 bits per heavy atom. The highest BCUT2D eigenvalue weighted by Gasteiger charge is 2.12. The summed E-state index contributed by atoms with van der Waals surface area (Å²) >= 11 is 5.66. The summed E-state index contributed by atoms with van der Waals surface area (Å²) in [5, 5.41) is 0.369. The van der Waals surface area contributed by atoms with E-state index in [1.807, 2.05) is 0 Å². The Bertz CT molecular complexity index is 352. The zero-order chi connectivity index (χ0) is 10.7. The molecule has 14 heavy (non-hydrogen) atoms. The van der Waals surface area contributed by atoms with Gasteiger partial charge in [-0.1, -0.05) is 11.6 Å². The predicted octanol–water partition coefficient (Wildman–Crippen LogP) is 2.22. The van der Waals surface area contributed by atoms with E-state index in [1.54, 1.807) is 19.0 Å². The van der Waals surface area contributed by atoms with Gasteiger partial charge in [-0.3, -0.25) is 4.79 Å². The van der Waals surface area contributed by atoms with E-state index in [1.165, 1.54) is 18.2 Å². The van der Waals surface area contributed by atoms with Crippen molar-refractivity contribution < 1.29 is 9.18 Å². The minimum absolute atomic E-state index is 0.0474. The minimum Gasteiger partial charge on any atom is -0.302 e. The molecule has 76 valence electrons.